The third-order valence-corrected chi connectivity index (χ3v) is 7.15. The molecule has 1 aromatic carbocycles. The zero-order valence-electron chi connectivity index (χ0n) is 11.0. The first kappa shape index (κ1) is 15.0. The van der Waals surface area contributed by atoms with Crippen molar-refractivity contribution >= 4 is 48.8 Å². The molecule has 1 aliphatic heterocycles. The summed E-state index contributed by atoms with van der Waals surface area (Å²) in [6.45, 7) is 0. The Hall–Kier alpha value is -0.870. The lowest BCUT2D eigenvalue weighted by molar-refractivity contribution is 0.149. The molecule has 1 aliphatic rings. The van der Waals surface area contributed by atoms with E-state index in [9.17, 15) is 13.5 Å². The highest BCUT2D eigenvalue weighted by atomic mass is 32.2. The fourth-order valence-electron chi connectivity index (χ4n) is 2.11. The number of rotatable bonds is 5. The molecule has 3 rings (SSSR count). The van der Waals surface area contributed by atoms with Crippen LogP contribution in [0, 0.1) is 0 Å². The summed E-state index contributed by atoms with van der Waals surface area (Å²) in [6, 6.07) is 5.43. The molecule has 1 unspecified atom stereocenters. The van der Waals surface area contributed by atoms with Crippen molar-refractivity contribution in [2.24, 2.45) is 0 Å². The molecule has 114 valence electrons. The van der Waals surface area contributed by atoms with Gasteiger partial charge in [0.05, 0.1) is 21.7 Å². The minimum absolute atomic E-state index is 0.106. The number of thioether (sulfide) groups is 1. The standard InChI is InChI=1S/C12H15N3O3S3/c13-7-1-2-9-10(3-7)20-12(15-9)19-4-11(16)14-8-5-21(17,18)6-8/h1-3,8,11,14,16H,4-6,13H2. The zero-order chi connectivity index (χ0) is 15.0. The molecule has 0 saturated carbocycles. The highest BCUT2D eigenvalue weighted by molar-refractivity contribution is 8.01. The van der Waals surface area contributed by atoms with E-state index in [1.165, 1.54) is 23.1 Å². The molecule has 0 radical (unpaired) electrons. The number of nitrogens with two attached hydrogens (primary N) is 1. The molecule has 2 heterocycles. The van der Waals surface area contributed by atoms with Crippen LogP contribution in [0.5, 0.6) is 0 Å². The zero-order valence-corrected chi connectivity index (χ0v) is 13.5. The molecule has 1 atom stereocenters. The van der Waals surface area contributed by atoms with Crippen molar-refractivity contribution in [2.75, 3.05) is 23.0 Å². The third kappa shape index (κ3) is 3.67. The van der Waals surface area contributed by atoms with Crippen LogP contribution in [0.4, 0.5) is 5.69 Å². The summed E-state index contributed by atoms with van der Waals surface area (Å²) in [5.41, 5.74) is 7.32. The van der Waals surface area contributed by atoms with Crippen LogP contribution < -0.4 is 11.1 Å². The largest absolute Gasteiger partial charge is 0.399 e. The van der Waals surface area contributed by atoms with Gasteiger partial charge in [0.2, 0.25) is 0 Å². The second-order valence-electron chi connectivity index (χ2n) is 4.97. The van der Waals surface area contributed by atoms with Gasteiger partial charge in [-0.1, -0.05) is 11.8 Å². The third-order valence-electron chi connectivity index (χ3n) is 3.10. The summed E-state index contributed by atoms with van der Waals surface area (Å²) in [5, 5.41) is 12.8. The Morgan fingerprint density at radius 2 is 2.29 bits per heavy atom. The summed E-state index contributed by atoms with van der Waals surface area (Å²) >= 11 is 2.97. The number of anilines is 1. The quantitative estimate of drug-likeness (QED) is 0.416. The van der Waals surface area contributed by atoms with E-state index < -0.39 is 16.1 Å². The maximum atomic E-state index is 11.0. The van der Waals surface area contributed by atoms with Crippen molar-refractivity contribution in [3.8, 4) is 0 Å². The van der Waals surface area contributed by atoms with Gasteiger partial charge in [0.1, 0.15) is 6.23 Å². The van der Waals surface area contributed by atoms with E-state index in [0.29, 0.717) is 11.4 Å². The van der Waals surface area contributed by atoms with E-state index in [4.69, 9.17) is 5.73 Å². The normalized spacial score (nSPS) is 19.5. The monoisotopic (exact) mass is 345 g/mol. The van der Waals surface area contributed by atoms with E-state index in [1.54, 1.807) is 0 Å². The number of aromatic nitrogens is 1. The highest BCUT2D eigenvalue weighted by Crippen LogP contribution is 2.30. The second kappa shape index (κ2) is 5.73. The fourth-order valence-corrected chi connectivity index (χ4v) is 5.45. The number of hydrogen-bond acceptors (Lipinski definition) is 8. The lowest BCUT2D eigenvalue weighted by atomic mass is 10.3. The lowest BCUT2D eigenvalue weighted by Crippen LogP contribution is -2.54. The van der Waals surface area contributed by atoms with Gasteiger partial charge in [-0.25, -0.2) is 13.4 Å². The van der Waals surface area contributed by atoms with Crippen LogP contribution in [0.15, 0.2) is 22.5 Å². The van der Waals surface area contributed by atoms with E-state index in [0.717, 1.165) is 14.6 Å². The predicted molar refractivity (Wildman–Crippen MR) is 86.3 cm³/mol. The molecule has 1 fully saturated rings. The Bertz CT molecular complexity index is 747. The number of fused-ring (bicyclic) bond motifs is 1. The molecule has 1 saturated heterocycles. The van der Waals surface area contributed by atoms with Crippen LogP contribution in [0.3, 0.4) is 0 Å². The Kier molecular flexibility index (Phi) is 4.10. The van der Waals surface area contributed by atoms with Gasteiger partial charge in [0.25, 0.3) is 0 Å². The molecule has 1 aromatic heterocycles. The summed E-state index contributed by atoms with van der Waals surface area (Å²) < 4.78 is 24.0. The summed E-state index contributed by atoms with van der Waals surface area (Å²) in [5.74, 6) is 0.635. The number of aliphatic hydroxyl groups is 1. The molecule has 9 heteroatoms. The van der Waals surface area contributed by atoms with Crippen molar-refractivity contribution in [2.45, 2.75) is 16.6 Å². The molecular weight excluding hydrogens is 330 g/mol. The number of thiazole rings is 1. The Balaban J connectivity index is 1.54. The van der Waals surface area contributed by atoms with Crippen LogP contribution in [0.25, 0.3) is 10.2 Å². The smallest absolute Gasteiger partial charge is 0.153 e. The first-order valence-electron chi connectivity index (χ1n) is 6.35. The topological polar surface area (TPSA) is 105 Å². The van der Waals surface area contributed by atoms with Crippen LogP contribution >= 0.6 is 23.1 Å². The van der Waals surface area contributed by atoms with Gasteiger partial charge in [-0.3, -0.25) is 5.32 Å². The van der Waals surface area contributed by atoms with E-state index >= 15 is 0 Å². The van der Waals surface area contributed by atoms with Crippen molar-refractivity contribution in [3.05, 3.63) is 18.2 Å². The first-order chi connectivity index (χ1) is 9.91. The van der Waals surface area contributed by atoms with Gasteiger partial charge in [-0.05, 0) is 18.2 Å². The second-order valence-corrected chi connectivity index (χ2v) is 9.43. The Morgan fingerprint density at radius 1 is 1.52 bits per heavy atom. The molecule has 21 heavy (non-hydrogen) atoms. The summed E-state index contributed by atoms with van der Waals surface area (Å²) in [6.07, 6.45) is -0.743. The molecule has 6 nitrogen and oxygen atoms in total. The van der Waals surface area contributed by atoms with E-state index in [1.807, 2.05) is 18.2 Å². The van der Waals surface area contributed by atoms with Crippen molar-refractivity contribution < 1.29 is 13.5 Å². The number of nitrogen functional groups attached to an aromatic ring is 1. The van der Waals surface area contributed by atoms with Gasteiger partial charge in [-0.2, -0.15) is 0 Å². The first-order valence-corrected chi connectivity index (χ1v) is 9.97. The Labute approximate surface area is 130 Å². The average molecular weight is 345 g/mol. The molecule has 0 aliphatic carbocycles. The molecule has 0 amide bonds. The van der Waals surface area contributed by atoms with Crippen LogP contribution in [-0.4, -0.2) is 48.0 Å². The van der Waals surface area contributed by atoms with Gasteiger partial charge in [-0.15, -0.1) is 11.3 Å². The number of aliphatic hydroxyl groups excluding tert-OH is 1. The molecule has 2 aromatic rings. The molecular formula is C12H15N3O3S3. The minimum Gasteiger partial charge on any atom is -0.399 e. The summed E-state index contributed by atoms with van der Waals surface area (Å²) in [7, 11) is -2.87. The maximum absolute atomic E-state index is 11.0. The van der Waals surface area contributed by atoms with Gasteiger partial charge < -0.3 is 10.8 Å². The number of nitrogens with zero attached hydrogens (tertiary/aromatic N) is 1. The Morgan fingerprint density at radius 3 is 3.00 bits per heavy atom. The predicted octanol–water partition coefficient (Wildman–Crippen LogP) is 0.676. The number of nitrogens with one attached hydrogen (secondary N) is 1. The van der Waals surface area contributed by atoms with Gasteiger partial charge in [0.15, 0.2) is 14.2 Å². The van der Waals surface area contributed by atoms with Crippen molar-refractivity contribution in [3.63, 3.8) is 0 Å². The number of benzene rings is 1. The van der Waals surface area contributed by atoms with Crippen LogP contribution in [-0.2, 0) is 9.84 Å². The van der Waals surface area contributed by atoms with E-state index in [2.05, 4.69) is 10.3 Å². The van der Waals surface area contributed by atoms with Gasteiger partial charge >= 0.3 is 0 Å². The average Bonchev–Trinajstić information content (AvgIpc) is 2.76. The van der Waals surface area contributed by atoms with Crippen molar-refractivity contribution in [1.82, 2.24) is 10.3 Å². The highest BCUT2D eigenvalue weighted by Gasteiger charge is 2.34. The van der Waals surface area contributed by atoms with Gasteiger partial charge in [0, 0.05) is 17.5 Å². The number of hydrogen-bond donors (Lipinski definition) is 3. The van der Waals surface area contributed by atoms with Crippen LogP contribution in [0.1, 0.15) is 0 Å². The number of sulfone groups is 1. The maximum Gasteiger partial charge on any atom is 0.153 e. The molecule has 4 N–H and O–H groups in total. The minimum atomic E-state index is -2.87. The lowest BCUT2D eigenvalue weighted by Gasteiger charge is -2.28. The summed E-state index contributed by atoms with van der Waals surface area (Å²) in [4.78, 5) is 4.45. The molecule has 0 spiro atoms. The fraction of sp³-hybridized carbons (Fsp3) is 0.417. The van der Waals surface area contributed by atoms with E-state index in [-0.39, 0.29) is 17.5 Å². The SMILES string of the molecule is Nc1ccc2nc(SCC(O)NC3CS(=O)(=O)C3)sc2c1. The van der Waals surface area contributed by atoms with Crippen molar-refractivity contribution in [1.29, 1.82) is 0 Å². The molecule has 0 bridgehead atoms. The van der Waals surface area contributed by atoms with Crippen LogP contribution in [0.2, 0.25) is 0 Å².